The molecule has 0 saturated carbocycles. The molecule has 0 fully saturated rings. The quantitative estimate of drug-likeness (QED) is 0.719. The summed E-state index contributed by atoms with van der Waals surface area (Å²) in [5.74, 6) is -0.685. The number of ketones is 1. The maximum absolute atomic E-state index is 12.5. The lowest BCUT2D eigenvalue weighted by Crippen LogP contribution is -2.28. The zero-order valence-corrected chi connectivity index (χ0v) is 16.3. The van der Waals surface area contributed by atoms with E-state index in [0.29, 0.717) is 11.3 Å². The monoisotopic (exact) mass is 409 g/mol. The van der Waals surface area contributed by atoms with E-state index in [2.05, 4.69) is 20.0 Å². The number of amides is 1. The number of ether oxygens (including phenoxy) is 1. The Morgan fingerprint density at radius 3 is 2.45 bits per heavy atom. The Hall–Kier alpha value is -2.97. The number of carbonyl (C=O) groups excluding carboxylic acids is 2. The largest absolute Gasteiger partial charge is 0.468 e. The van der Waals surface area contributed by atoms with Crippen molar-refractivity contribution in [2.75, 3.05) is 6.61 Å². The number of Topliss-reactive ketones (excluding diaryl/α,β-unsaturated/α-hetero) is 1. The van der Waals surface area contributed by atoms with E-state index in [4.69, 9.17) is 0 Å². The van der Waals surface area contributed by atoms with Crippen LogP contribution >= 0.6 is 0 Å². The van der Waals surface area contributed by atoms with Gasteiger partial charge < -0.3 is 10.1 Å². The van der Waals surface area contributed by atoms with Gasteiger partial charge in [0, 0.05) is 30.3 Å². The zero-order valence-electron chi connectivity index (χ0n) is 16.3. The lowest BCUT2D eigenvalue weighted by atomic mass is 10.0. The topological polar surface area (TPSA) is 81.2 Å². The van der Waals surface area contributed by atoms with Crippen LogP contribution in [0.4, 0.5) is 13.2 Å². The van der Waals surface area contributed by atoms with Gasteiger partial charge in [0.1, 0.15) is 11.5 Å². The van der Waals surface area contributed by atoms with Gasteiger partial charge in [0.05, 0.1) is 6.04 Å². The van der Waals surface area contributed by atoms with Crippen LogP contribution in [0.1, 0.15) is 48.6 Å². The Balaban J connectivity index is 1.99. The molecule has 2 rings (SSSR count). The van der Waals surface area contributed by atoms with Crippen molar-refractivity contribution >= 4 is 11.7 Å². The first-order valence-electron chi connectivity index (χ1n) is 9.00. The number of carbonyl (C=O) groups is 2. The number of halogens is 3. The molecule has 0 aliphatic rings. The fourth-order valence-corrected chi connectivity index (χ4v) is 2.33. The number of hydrogen-bond donors (Lipinski definition) is 1. The molecule has 2 aromatic rings. The summed E-state index contributed by atoms with van der Waals surface area (Å²) in [7, 11) is 0. The fraction of sp³-hybridized carbons (Fsp3) is 0.400. The summed E-state index contributed by atoms with van der Waals surface area (Å²) in [5, 5.41) is 2.74. The van der Waals surface area contributed by atoms with Crippen molar-refractivity contribution in [2.45, 2.75) is 39.4 Å². The van der Waals surface area contributed by atoms with Crippen molar-refractivity contribution in [3.05, 3.63) is 53.5 Å². The van der Waals surface area contributed by atoms with Crippen LogP contribution in [0.5, 0.6) is 5.88 Å². The van der Waals surface area contributed by atoms with Gasteiger partial charge in [-0.25, -0.2) is 9.97 Å². The smallest absolute Gasteiger partial charge is 0.422 e. The summed E-state index contributed by atoms with van der Waals surface area (Å²) in [5.41, 5.74) is 1.27. The second kappa shape index (κ2) is 9.49. The molecule has 1 amide bonds. The summed E-state index contributed by atoms with van der Waals surface area (Å²) in [6.07, 6.45) is -2.96. The molecule has 0 radical (unpaired) electrons. The summed E-state index contributed by atoms with van der Waals surface area (Å²) in [6.45, 7) is 3.88. The fourth-order valence-electron chi connectivity index (χ4n) is 2.33. The molecule has 0 spiro atoms. The summed E-state index contributed by atoms with van der Waals surface area (Å²) in [4.78, 5) is 32.4. The average molecular weight is 409 g/mol. The molecule has 2 heterocycles. The molecule has 29 heavy (non-hydrogen) atoms. The molecule has 0 aromatic carbocycles. The highest BCUT2D eigenvalue weighted by molar-refractivity contribution is 5.92. The van der Waals surface area contributed by atoms with Crippen LogP contribution in [-0.4, -0.2) is 34.4 Å². The van der Waals surface area contributed by atoms with Crippen molar-refractivity contribution in [1.82, 2.24) is 15.3 Å². The third-order valence-corrected chi connectivity index (χ3v) is 4.03. The summed E-state index contributed by atoms with van der Waals surface area (Å²) >= 11 is 0. The normalized spacial score (nSPS) is 12.5. The number of hydrogen-bond acceptors (Lipinski definition) is 5. The van der Waals surface area contributed by atoms with E-state index in [1.807, 2.05) is 0 Å². The Kier molecular flexibility index (Phi) is 7.30. The molecule has 0 aliphatic carbocycles. The van der Waals surface area contributed by atoms with E-state index in [1.54, 1.807) is 32.9 Å². The zero-order chi connectivity index (χ0) is 21.6. The van der Waals surface area contributed by atoms with Crippen molar-refractivity contribution in [1.29, 1.82) is 0 Å². The van der Waals surface area contributed by atoms with E-state index in [-0.39, 0.29) is 29.7 Å². The predicted molar refractivity (Wildman–Crippen MR) is 99.5 cm³/mol. The van der Waals surface area contributed by atoms with Crippen molar-refractivity contribution in [3.63, 3.8) is 0 Å². The molecule has 0 aliphatic heterocycles. The maximum atomic E-state index is 12.5. The standard InChI is InChI=1S/C20H22F3N3O3/c1-12(2)17(27)9-15-5-4-6-16(26-15)19(28)25-13(3)14-7-8-18(24-10-14)29-11-20(21,22)23/h4-8,10,12-13H,9,11H2,1-3H3,(H,25,28). The summed E-state index contributed by atoms with van der Waals surface area (Å²) < 4.78 is 41.1. The van der Waals surface area contributed by atoms with E-state index in [0.717, 1.165) is 0 Å². The first-order valence-corrected chi connectivity index (χ1v) is 9.00. The SMILES string of the molecule is CC(C)C(=O)Cc1cccc(C(=O)NC(C)c2ccc(OCC(F)(F)F)nc2)n1. The van der Waals surface area contributed by atoms with E-state index in [1.165, 1.54) is 24.4 Å². The van der Waals surface area contributed by atoms with Gasteiger partial charge >= 0.3 is 6.18 Å². The van der Waals surface area contributed by atoms with Gasteiger partial charge in [0.15, 0.2) is 6.61 Å². The molecule has 0 bridgehead atoms. The van der Waals surface area contributed by atoms with Crippen LogP contribution in [0.2, 0.25) is 0 Å². The van der Waals surface area contributed by atoms with E-state index < -0.39 is 24.7 Å². The molecule has 1 unspecified atom stereocenters. The second-order valence-corrected chi connectivity index (χ2v) is 6.84. The van der Waals surface area contributed by atoms with Crippen LogP contribution in [0.25, 0.3) is 0 Å². The number of nitrogens with zero attached hydrogens (tertiary/aromatic N) is 2. The van der Waals surface area contributed by atoms with Crippen molar-refractivity contribution in [3.8, 4) is 5.88 Å². The Labute approximate surface area is 166 Å². The highest BCUT2D eigenvalue weighted by Gasteiger charge is 2.28. The number of pyridine rings is 2. The molecule has 1 N–H and O–H groups in total. The highest BCUT2D eigenvalue weighted by atomic mass is 19.4. The molecule has 2 aromatic heterocycles. The molecule has 9 heteroatoms. The van der Waals surface area contributed by atoms with Crippen LogP contribution in [-0.2, 0) is 11.2 Å². The van der Waals surface area contributed by atoms with Crippen LogP contribution < -0.4 is 10.1 Å². The van der Waals surface area contributed by atoms with Crippen LogP contribution in [0.15, 0.2) is 36.5 Å². The summed E-state index contributed by atoms with van der Waals surface area (Å²) in [6, 6.07) is 7.25. The van der Waals surface area contributed by atoms with Gasteiger partial charge in [-0.3, -0.25) is 9.59 Å². The van der Waals surface area contributed by atoms with Gasteiger partial charge in [-0.1, -0.05) is 26.0 Å². The molecular weight excluding hydrogens is 387 g/mol. The second-order valence-electron chi connectivity index (χ2n) is 6.84. The molecule has 156 valence electrons. The number of nitrogens with one attached hydrogen (secondary N) is 1. The van der Waals surface area contributed by atoms with Gasteiger partial charge in [0.25, 0.3) is 5.91 Å². The Bertz CT molecular complexity index is 852. The van der Waals surface area contributed by atoms with Gasteiger partial charge in [-0.15, -0.1) is 0 Å². The third-order valence-electron chi connectivity index (χ3n) is 4.03. The third kappa shape index (κ3) is 7.17. The highest BCUT2D eigenvalue weighted by Crippen LogP contribution is 2.19. The molecule has 1 atom stereocenters. The minimum atomic E-state index is -4.44. The minimum Gasteiger partial charge on any atom is -0.468 e. The maximum Gasteiger partial charge on any atom is 0.422 e. The first-order chi connectivity index (χ1) is 13.5. The van der Waals surface area contributed by atoms with E-state index >= 15 is 0 Å². The Morgan fingerprint density at radius 1 is 1.14 bits per heavy atom. The lowest BCUT2D eigenvalue weighted by Gasteiger charge is -2.15. The Morgan fingerprint density at radius 2 is 1.86 bits per heavy atom. The van der Waals surface area contributed by atoms with Crippen LogP contribution in [0, 0.1) is 5.92 Å². The number of rotatable bonds is 8. The van der Waals surface area contributed by atoms with Gasteiger partial charge in [-0.2, -0.15) is 13.2 Å². The van der Waals surface area contributed by atoms with Crippen molar-refractivity contribution < 1.29 is 27.5 Å². The molecule has 6 nitrogen and oxygen atoms in total. The average Bonchev–Trinajstić information content (AvgIpc) is 2.66. The lowest BCUT2D eigenvalue weighted by molar-refractivity contribution is -0.154. The minimum absolute atomic E-state index is 0.0299. The predicted octanol–water partition coefficient (Wildman–Crippen LogP) is 3.68. The number of aromatic nitrogens is 2. The molecular formula is C20H22F3N3O3. The first kappa shape index (κ1) is 22.3. The molecule has 0 saturated heterocycles. The van der Waals surface area contributed by atoms with Gasteiger partial charge in [0.2, 0.25) is 5.88 Å². The van der Waals surface area contributed by atoms with Crippen molar-refractivity contribution in [2.24, 2.45) is 5.92 Å². The van der Waals surface area contributed by atoms with Crippen LogP contribution in [0.3, 0.4) is 0 Å². The van der Waals surface area contributed by atoms with Gasteiger partial charge in [-0.05, 0) is 24.6 Å². The van der Waals surface area contributed by atoms with E-state index in [9.17, 15) is 22.8 Å². The number of alkyl halides is 3.